The molecule has 3 aromatic rings. The molecule has 3 rings (SSSR count). The van der Waals surface area contributed by atoms with Gasteiger partial charge in [-0.25, -0.2) is 0 Å². The fourth-order valence-corrected chi connectivity index (χ4v) is 2.99. The molecule has 2 aromatic carbocycles. The van der Waals surface area contributed by atoms with E-state index in [0.29, 0.717) is 28.3 Å². The Hall–Kier alpha value is -2.31. The lowest BCUT2D eigenvalue weighted by Crippen LogP contribution is -2.12. The fraction of sp³-hybridized carbons (Fsp3) is 0.167. The van der Waals surface area contributed by atoms with Crippen molar-refractivity contribution in [2.75, 3.05) is 11.1 Å². The average Bonchev–Trinajstić information content (AvgIpc) is 3.06. The molecule has 0 bridgehead atoms. The highest BCUT2D eigenvalue weighted by molar-refractivity contribution is 7.99. The van der Waals surface area contributed by atoms with Crippen molar-refractivity contribution in [1.82, 2.24) is 10.2 Å². The van der Waals surface area contributed by atoms with E-state index in [-0.39, 0.29) is 5.91 Å². The van der Waals surface area contributed by atoms with Gasteiger partial charge in [-0.05, 0) is 37.3 Å². The second kappa shape index (κ2) is 8.18. The van der Waals surface area contributed by atoms with Gasteiger partial charge in [-0.2, -0.15) is 0 Å². The Bertz CT molecular complexity index is 865. The average molecular weight is 374 g/mol. The van der Waals surface area contributed by atoms with Gasteiger partial charge in [0.1, 0.15) is 0 Å². The van der Waals surface area contributed by atoms with Gasteiger partial charge < -0.3 is 9.73 Å². The second-order valence-electron chi connectivity index (χ2n) is 5.40. The van der Waals surface area contributed by atoms with E-state index in [4.69, 9.17) is 16.0 Å². The summed E-state index contributed by atoms with van der Waals surface area (Å²) < 4.78 is 5.59. The van der Waals surface area contributed by atoms with Crippen LogP contribution in [0.15, 0.2) is 58.2 Å². The first-order chi connectivity index (χ1) is 12.1. The lowest BCUT2D eigenvalue weighted by atomic mass is 10.2. The van der Waals surface area contributed by atoms with E-state index in [1.165, 1.54) is 11.8 Å². The summed E-state index contributed by atoms with van der Waals surface area (Å²) in [5.74, 6) is 0.912. The minimum Gasteiger partial charge on any atom is -0.411 e. The van der Waals surface area contributed by atoms with Crippen LogP contribution in [-0.2, 0) is 4.79 Å². The monoisotopic (exact) mass is 373 g/mol. The standard InChI is InChI=1S/C18H16ClN3O2S/c1-12-5-7-15(8-6-12)20-16(23)9-10-25-18-22-21-17(24-18)13-3-2-4-14(19)11-13/h2-8,11H,9-10H2,1H3,(H,20,23). The van der Waals surface area contributed by atoms with Crippen LogP contribution in [0, 0.1) is 6.92 Å². The summed E-state index contributed by atoms with van der Waals surface area (Å²) in [5, 5.41) is 11.9. The summed E-state index contributed by atoms with van der Waals surface area (Å²) in [7, 11) is 0. The molecule has 0 radical (unpaired) electrons. The maximum absolute atomic E-state index is 11.9. The van der Waals surface area contributed by atoms with Crippen molar-refractivity contribution >= 4 is 35.0 Å². The molecular weight excluding hydrogens is 358 g/mol. The molecule has 0 unspecified atom stereocenters. The van der Waals surface area contributed by atoms with E-state index in [1.807, 2.05) is 43.3 Å². The smallest absolute Gasteiger partial charge is 0.276 e. The third-order valence-corrected chi connectivity index (χ3v) is 4.42. The normalized spacial score (nSPS) is 10.6. The molecule has 128 valence electrons. The molecule has 7 heteroatoms. The van der Waals surface area contributed by atoms with Gasteiger partial charge in [0.2, 0.25) is 11.8 Å². The summed E-state index contributed by atoms with van der Waals surface area (Å²) in [5.41, 5.74) is 2.71. The fourth-order valence-electron chi connectivity index (χ4n) is 2.10. The minimum atomic E-state index is -0.0501. The van der Waals surface area contributed by atoms with Crippen molar-refractivity contribution in [3.05, 3.63) is 59.1 Å². The number of amides is 1. The summed E-state index contributed by atoms with van der Waals surface area (Å²) >= 11 is 7.30. The van der Waals surface area contributed by atoms with E-state index in [1.54, 1.807) is 12.1 Å². The quantitative estimate of drug-likeness (QED) is 0.627. The SMILES string of the molecule is Cc1ccc(NC(=O)CCSc2nnc(-c3cccc(Cl)c3)o2)cc1. The number of rotatable bonds is 6. The predicted octanol–water partition coefficient (Wildman–Crippen LogP) is 4.82. The molecule has 0 atom stereocenters. The van der Waals surface area contributed by atoms with E-state index in [2.05, 4.69) is 15.5 Å². The molecule has 0 spiro atoms. The number of hydrogen-bond donors (Lipinski definition) is 1. The van der Waals surface area contributed by atoms with Crippen molar-refractivity contribution in [1.29, 1.82) is 0 Å². The molecule has 1 heterocycles. The van der Waals surface area contributed by atoms with E-state index in [9.17, 15) is 4.79 Å². The van der Waals surface area contributed by atoms with Gasteiger partial charge in [0, 0.05) is 28.4 Å². The molecule has 0 saturated heterocycles. The van der Waals surface area contributed by atoms with Crippen LogP contribution in [0.2, 0.25) is 5.02 Å². The highest BCUT2D eigenvalue weighted by Crippen LogP contribution is 2.25. The molecule has 0 saturated carbocycles. The number of halogens is 1. The zero-order valence-corrected chi connectivity index (χ0v) is 15.1. The molecule has 0 aliphatic heterocycles. The second-order valence-corrected chi connectivity index (χ2v) is 6.88. The van der Waals surface area contributed by atoms with Crippen LogP contribution in [0.5, 0.6) is 0 Å². The molecule has 1 N–H and O–H groups in total. The van der Waals surface area contributed by atoms with Crippen LogP contribution in [0.3, 0.4) is 0 Å². The van der Waals surface area contributed by atoms with Gasteiger partial charge in [0.25, 0.3) is 5.22 Å². The molecular formula is C18H16ClN3O2S. The number of anilines is 1. The van der Waals surface area contributed by atoms with Crippen molar-refractivity contribution in [2.24, 2.45) is 0 Å². The van der Waals surface area contributed by atoms with Crippen LogP contribution in [0.25, 0.3) is 11.5 Å². The summed E-state index contributed by atoms with van der Waals surface area (Å²) in [6.07, 6.45) is 0.355. The van der Waals surface area contributed by atoms with Crippen molar-refractivity contribution < 1.29 is 9.21 Å². The summed E-state index contributed by atoms with van der Waals surface area (Å²) in [6, 6.07) is 14.9. The Labute approximate surface area is 154 Å². The Kier molecular flexibility index (Phi) is 5.73. The third-order valence-electron chi connectivity index (χ3n) is 3.37. The van der Waals surface area contributed by atoms with E-state index in [0.717, 1.165) is 16.8 Å². The lowest BCUT2D eigenvalue weighted by Gasteiger charge is -2.04. The highest BCUT2D eigenvalue weighted by atomic mass is 35.5. The summed E-state index contributed by atoms with van der Waals surface area (Å²) in [4.78, 5) is 11.9. The van der Waals surface area contributed by atoms with Crippen LogP contribution >= 0.6 is 23.4 Å². The van der Waals surface area contributed by atoms with Gasteiger partial charge in [-0.1, -0.05) is 47.1 Å². The van der Waals surface area contributed by atoms with Gasteiger partial charge in [-0.15, -0.1) is 10.2 Å². The number of carbonyl (C=O) groups is 1. The molecule has 5 nitrogen and oxygen atoms in total. The van der Waals surface area contributed by atoms with E-state index >= 15 is 0 Å². The number of nitrogens with one attached hydrogen (secondary N) is 1. The number of hydrogen-bond acceptors (Lipinski definition) is 5. The minimum absolute atomic E-state index is 0.0501. The number of aromatic nitrogens is 2. The van der Waals surface area contributed by atoms with Crippen LogP contribution in [-0.4, -0.2) is 21.9 Å². The number of thioether (sulfide) groups is 1. The summed E-state index contributed by atoms with van der Waals surface area (Å²) in [6.45, 7) is 2.00. The third kappa shape index (κ3) is 5.08. The number of benzene rings is 2. The predicted molar refractivity (Wildman–Crippen MR) is 99.9 cm³/mol. The van der Waals surface area contributed by atoms with Gasteiger partial charge in [-0.3, -0.25) is 4.79 Å². The first-order valence-corrected chi connectivity index (χ1v) is 9.05. The highest BCUT2D eigenvalue weighted by Gasteiger charge is 2.10. The first-order valence-electron chi connectivity index (χ1n) is 7.69. The van der Waals surface area contributed by atoms with Crippen molar-refractivity contribution in [3.63, 3.8) is 0 Å². The largest absolute Gasteiger partial charge is 0.411 e. The molecule has 0 aliphatic carbocycles. The van der Waals surface area contributed by atoms with Gasteiger partial charge in [0.15, 0.2) is 0 Å². The maximum atomic E-state index is 11.9. The number of aryl methyl sites for hydroxylation is 1. The Morgan fingerprint density at radius 1 is 1.20 bits per heavy atom. The molecule has 1 aromatic heterocycles. The zero-order valence-electron chi connectivity index (χ0n) is 13.5. The van der Waals surface area contributed by atoms with Crippen LogP contribution in [0.4, 0.5) is 5.69 Å². The first kappa shape index (κ1) is 17.5. The maximum Gasteiger partial charge on any atom is 0.276 e. The molecule has 25 heavy (non-hydrogen) atoms. The molecule has 1 amide bonds. The van der Waals surface area contributed by atoms with Gasteiger partial charge in [0.05, 0.1) is 0 Å². The molecule has 0 aliphatic rings. The Morgan fingerprint density at radius 3 is 2.76 bits per heavy atom. The van der Waals surface area contributed by atoms with Crippen LogP contribution in [0.1, 0.15) is 12.0 Å². The number of carbonyl (C=O) groups excluding carboxylic acids is 1. The van der Waals surface area contributed by atoms with Crippen molar-refractivity contribution in [3.8, 4) is 11.5 Å². The number of nitrogens with zero attached hydrogens (tertiary/aromatic N) is 2. The van der Waals surface area contributed by atoms with Crippen LogP contribution < -0.4 is 5.32 Å². The zero-order chi connectivity index (χ0) is 17.6. The van der Waals surface area contributed by atoms with E-state index < -0.39 is 0 Å². The Balaban J connectivity index is 1.49. The lowest BCUT2D eigenvalue weighted by molar-refractivity contribution is -0.115. The van der Waals surface area contributed by atoms with Gasteiger partial charge >= 0.3 is 0 Å². The van der Waals surface area contributed by atoms with Crippen molar-refractivity contribution in [2.45, 2.75) is 18.6 Å². The Morgan fingerprint density at radius 2 is 2.00 bits per heavy atom. The topological polar surface area (TPSA) is 68.0 Å². The molecule has 0 fully saturated rings.